The SMILES string of the molecule is CCC(NC(=O)CC1CCCN1)c1ccc(Br)cc1. The third-order valence-electron chi connectivity index (χ3n) is 3.61. The van der Waals surface area contributed by atoms with Crippen molar-refractivity contribution in [3.63, 3.8) is 0 Å². The highest BCUT2D eigenvalue weighted by atomic mass is 79.9. The van der Waals surface area contributed by atoms with Gasteiger partial charge in [-0.15, -0.1) is 0 Å². The normalized spacial score (nSPS) is 20.2. The van der Waals surface area contributed by atoms with Crippen molar-refractivity contribution >= 4 is 21.8 Å². The van der Waals surface area contributed by atoms with Crippen molar-refractivity contribution in [2.24, 2.45) is 0 Å². The molecule has 104 valence electrons. The van der Waals surface area contributed by atoms with Crippen LogP contribution in [0.3, 0.4) is 0 Å². The van der Waals surface area contributed by atoms with Crippen molar-refractivity contribution in [1.82, 2.24) is 10.6 Å². The lowest BCUT2D eigenvalue weighted by Crippen LogP contribution is -2.34. The number of benzene rings is 1. The Morgan fingerprint density at radius 1 is 1.47 bits per heavy atom. The highest BCUT2D eigenvalue weighted by Crippen LogP contribution is 2.20. The molecule has 1 amide bonds. The minimum atomic E-state index is 0.113. The van der Waals surface area contributed by atoms with E-state index in [4.69, 9.17) is 0 Å². The van der Waals surface area contributed by atoms with Crippen molar-refractivity contribution in [2.45, 2.75) is 44.7 Å². The number of amides is 1. The number of carbonyl (C=O) groups is 1. The Hall–Kier alpha value is -0.870. The first-order valence-electron chi connectivity index (χ1n) is 6.97. The predicted octanol–water partition coefficient (Wildman–Crippen LogP) is 3.16. The molecule has 1 aromatic rings. The summed E-state index contributed by atoms with van der Waals surface area (Å²) >= 11 is 3.43. The largest absolute Gasteiger partial charge is 0.349 e. The van der Waals surface area contributed by atoms with Gasteiger partial charge >= 0.3 is 0 Å². The quantitative estimate of drug-likeness (QED) is 0.873. The first-order chi connectivity index (χ1) is 9.19. The van der Waals surface area contributed by atoms with Crippen LogP contribution in [0.15, 0.2) is 28.7 Å². The van der Waals surface area contributed by atoms with Crippen molar-refractivity contribution in [1.29, 1.82) is 0 Å². The Morgan fingerprint density at radius 3 is 2.79 bits per heavy atom. The van der Waals surface area contributed by atoms with Gasteiger partial charge in [0.1, 0.15) is 0 Å². The molecule has 1 saturated heterocycles. The number of rotatable bonds is 5. The molecule has 2 unspecified atom stereocenters. The van der Waals surface area contributed by atoms with Gasteiger partial charge in [0.25, 0.3) is 0 Å². The number of carbonyl (C=O) groups excluding carboxylic acids is 1. The van der Waals surface area contributed by atoms with E-state index >= 15 is 0 Å². The van der Waals surface area contributed by atoms with Crippen LogP contribution in [0.5, 0.6) is 0 Å². The molecule has 1 aromatic carbocycles. The van der Waals surface area contributed by atoms with Crippen molar-refractivity contribution in [3.05, 3.63) is 34.3 Å². The third kappa shape index (κ3) is 4.32. The fourth-order valence-electron chi connectivity index (χ4n) is 2.52. The summed E-state index contributed by atoms with van der Waals surface area (Å²) in [6, 6.07) is 8.63. The molecule has 1 aliphatic heterocycles. The molecule has 2 rings (SSSR count). The molecule has 2 atom stereocenters. The molecule has 1 heterocycles. The van der Waals surface area contributed by atoms with Crippen LogP contribution in [-0.4, -0.2) is 18.5 Å². The Balaban J connectivity index is 1.90. The first-order valence-corrected chi connectivity index (χ1v) is 7.76. The van der Waals surface area contributed by atoms with Crippen LogP contribution in [0.2, 0.25) is 0 Å². The summed E-state index contributed by atoms with van der Waals surface area (Å²) in [5, 5.41) is 6.49. The standard InChI is InChI=1S/C15H21BrN2O/c1-2-14(11-5-7-12(16)8-6-11)18-15(19)10-13-4-3-9-17-13/h5-8,13-14,17H,2-4,9-10H2,1H3,(H,18,19). The summed E-state index contributed by atoms with van der Waals surface area (Å²) < 4.78 is 1.06. The molecule has 1 aliphatic rings. The zero-order valence-corrected chi connectivity index (χ0v) is 12.9. The smallest absolute Gasteiger partial charge is 0.222 e. The van der Waals surface area contributed by atoms with Gasteiger partial charge in [-0.05, 0) is 43.5 Å². The number of hydrogen-bond donors (Lipinski definition) is 2. The van der Waals surface area contributed by atoms with E-state index in [0.717, 1.165) is 23.9 Å². The molecule has 4 heteroatoms. The average molecular weight is 325 g/mol. The molecule has 2 N–H and O–H groups in total. The van der Waals surface area contributed by atoms with E-state index in [0.29, 0.717) is 12.5 Å². The van der Waals surface area contributed by atoms with Crippen LogP contribution in [0.4, 0.5) is 0 Å². The molecule has 0 aliphatic carbocycles. The van der Waals surface area contributed by atoms with E-state index in [9.17, 15) is 4.79 Å². The van der Waals surface area contributed by atoms with Gasteiger partial charge in [-0.3, -0.25) is 4.79 Å². The average Bonchev–Trinajstić information content (AvgIpc) is 2.90. The minimum absolute atomic E-state index is 0.113. The molecule has 0 saturated carbocycles. The fraction of sp³-hybridized carbons (Fsp3) is 0.533. The second kappa shape index (κ2) is 7.06. The van der Waals surface area contributed by atoms with Gasteiger partial charge in [0.05, 0.1) is 6.04 Å². The molecule has 0 radical (unpaired) electrons. The number of nitrogens with one attached hydrogen (secondary N) is 2. The third-order valence-corrected chi connectivity index (χ3v) is 4.14. The zero-order valence-electron chi connectivity index (χ0n) is 11.3. The van der Waals surface area contributed by atoms with Crippen LogP contribution >= 0.6 is 15.9 Å². The maximum Gasteiger partial charge on any atom is 0.222 e. The topological polar surface area (TPSA) is 41.1 Å². The van der Waals surface area contributed by atoms with Gasteiger partial charge in [0.15, 0.2) is 0 Å². The number of hydrogen-bond acceptors (Lipinski definition) is 2. The van der Waals surface area contributed by atoms with Gasteiger partial charge in [0, 0.05) is 16.9 Å². The molecular weight excluding hydrogens is 304 g/mol. The fourth-order valence-corrected chi connectivity index (χ4v) is 2.79. The van der Waals surface area contributed by atoms with E-state index < -0.39 is 0 Å². The Bertz CT molecular complexity index is 413. The highest BCUT2D eigenvalue weighted by Gasteiger charge is 2.19. The maximum absolute atomic E-state index is 12.0. The molecule has 19 heavy (non-hydrogen) atoms. The molecule has 0 aromatic heterocycles. The van der Waals surface area contributed by atoms with E-state index in [2.05, 4.69) is 45.6 Å². The minimum Gasteiger partial charge on any atom is -0.349 e. The number of halogens is 1. The second-order valence-corrected chi connectivity index (χ2v) is 5.99. The summed E-state index contributed by atoms with van der Waals surface area (Å²) in [4.78, 5) is 12.0. The van der Waals surface area contributed by atoms with Crippen molar-refractivity contribution in [2.75, 3.05) is 6.54 Å². The highest BCUT2D eigenvalue weighted by molar-refractivity contribution is 9.10. The summed E-state index contributed by atoms with van der Waals surface area (Å²) in [5.41, 5.74) is 1.17. The van der Waals surface area contributed by atoms with Gasteiger partial charge < -0.3 is 10.6 Å². The molecular formula is C15H21BrN2O. The van der Waals surface area contributed by atoms with E-state index in [-0.39, 0.29) is 11.9 Å². The lowest BCUT2D eigenvalue weighted by Gasteiger charge is -2.19. The maximum atomic E-state index is 12.0. The summed E-state index contributed by atoms with van der Waals surface area (Å²) in [6.07, 6.45) is 3.79. The van der Waals surface area contributed by atoms with Gasteiger partial charge in [-0.25, -0.2) is 0 Å². The van der Waals surface area contributed by atoms with Gasteiger partial charge in [-0.2, -0.15) is 0 Å². The summed E-state index contributed by atoms with van der Waals surface area (Å²) in [7, 11) is 0. The predicted molar refractivity (Wildman–Crippen MR) is 81.0 cm³/mol. The Labute approximate surface area is 123 Å². The van der Waals surface area contributed by atoms with E-state index in [1.807, 2.05) is 12.1 Å². The molecule has 0 bridgehead atoms. The Morgan fingerprint density at radius 2 is 2.21 bits per heavy atom. The first kappa shape index (κ1) is 14.5. The lowest BCUT2D eigenvalue weighted by molar-refractivity contribution is -0.122. The summed E-state index contributed by atoms with van der Waals surface area (Å²) in [6.45, 7) is 3.14. The van der Waals surface area contributed by atoms with Crippen LogP contribution in [0, 0.1) is 0 Å². The van der Waals surface area contributed by atoms with Crippen LogP contribution in [-0.2, 0) is 4.79 Å². The lowest BCUT2D eigenvalue weighted by atomic mass is 10.0. The molecule has 0 spiro atoms. The zero-order chi connectivity index (χ0) is 13.7. The van der Waals surface area contributed by atoms with E-state index in [1.54, 1.807) is 0 Å². The second-order valence-electron chi connectivity index (χ2n) is 5.08. The van der Waals surface area contributed by atoms with E-state index in [1.165, 1.54) is 12.0 Å². The van der Waals surface area contributed by atoms with Gasteiger partial charge in [-0.1, -0.05) is 35.0 Å². The monoisotopic (exact) mass is 324 g/mol. The van der Waals surface area contributed by atoms with Crippen molar-refractivity contribution in [3.8, 4) is 0 Å². The summed E-state index contributed by atoms with van der Waals surface area (Å²) in [5.74, 6) is 0.147. The van der Waals surface area contributed by atoms with Crippen LogP contribution in [0.25, 0.3) is 0 Å². The molecule has 1 fully saturated rings. The van der Waals surface area contributed by atoms with Crippen LogP contribution < -0.4 is 10.6 Å². The molecule has 3 nitrogen and oxygen atoms in total. The Kier molecular flexibility index (Phi) is 5.40. The van der Waals surface area contributed by atoms with Crippen molar-refractivity contribution < 1.29 is 4.79 Å². The van der Waals surface area contributed by atoms with Gasteiger partial charge in [0.2, 0.25) is 5.91 Å². The van der Waals surface area contributed by atoms with Crippen LogP contribution in [0.1, 0.15) is 44.2 Å².